The van der Waals surface area contributed by atoms with Crippen molar-refractivity contribution in [3.05, 3.63) is 36.0 Å². The summed E-state index contributed by atoms with van der Waals surface area (Å²) in [5.74, 6) is 0. The van der Waals surface area contributed by atoms with Gasteiger partial charge in [-0.05, 0) is 62.0 Å². The van der Waals surface area contributed by atoms with Gasteiger partial charge < -0.3 is 14.6 Å². The van der Waals surface area contributed by atoms with Gasteiger partial charge in [0.2, 0.25) is 0 Å². The van der Waals surface area contributed by atoms with Gasteiger partial charge in [-0.1, -0.05) is 12.5 Å². The molecule has 0 amide bonds. The number of fused-ring (bicyclic) bond motifs is 1. The summed E-state index contributed by atoms with van der Waals surface area (Å²) in [7, 11) is 2.26. The number of likely N-dealkylation sites (tertiary alicyclic amines) is 1. The predicted octanol–water partition coefficient (Wildman–Crippen LogP) is 3.01. The number of hydrogen-bond acceptors (Lipinski definition) is 2. The SMILES string of the molecule is CN1CCCCC1CCn1ccc2cc(CO)ccc21. The second-order valence-electron chi connectivity index (χ2n) is 5.98. The Balaban J connectivity index is 1.71. The van der Waals surface area contributed by atoms with E-state index in [-0.39, 0.29) is 6.61 Å². The van der Waals surface area contributed by atoms with E-state index in [1.807, 2.05) is 6.07 Å². The molecule has 0 bridgehead atoms. The first kappa shape index (κ1) is 13.7. The van der Waals surface area contributed by atoms with Crippen molar-refractivity contribution >= 4 is 10.9 Å². The predicted molar refractivity (Wildman–Crippen MR) is 82.7 cm³/mol. The molecule has 2 aromatic rings. The van der Waals surface area contributed by atoms with Crippen molar-refractivity contribution in [1.29, 1.82) is 0 Å². The molecular weight excluding hydrogens is 248 g/mol. The number of aliphatic hydroxyl groups excluding tert-OH is 1. The number of aromatic nitrogens is 1. The van der Waals surface area contributed by atoms with Crippen LogP contribution >= 0.6 is 0 Å². The van der Waals surface area contributed by atoms with Crippen molar-refractivity contribution in [3.63, 3.8) is 0 Å². The Morgan fingerprint density at radius 2 is 2.15 bits per heavy atom. The number of aliphatic hydroxyl groups is 1. The first-order valence-electron chi connectivity index (χ1n) is 7.67. The minimum absolute atomic E-state index is 0.119. The van der Waals surface area contributed by atoms with Gasteiger partial charge in [0, 0.05) is 24.3 Å². The summed E-state index contributed by atoms with van der Waals surface area (Å²) in [6.07, 6.45) is 7.46. The molecule has 3 nitrogen and oxygen atoms in total. The third-order valence-electron chi connectivity index (χ3n) is 4.64. The minimum Gasteiger partial charge on any atom is -0.392 e. The van der Waals surface area contributed by atoms with E-state index in [9.17, 15) is 5.11 Å². The van der Waals surface area contributed by atoms with E-state index in [2.05, 4.69) is 40.9 Å². The normalized spacial score (nSPS) is 20.6. The third kappa shape index (κ3) is 2.74. The number of aryl methyl sites for hydroxylation is 1. The number of nitrogens with zero attached hydrogens (tertiary/aromatic N) is 2. The smallest absolute Gasteiger partial charge is 0.0682 e. The van der Waals surface area contributed by atoms with Gasteiger partial charge in [0.25, 0.3) is 0 Å². The summed E-state index contributed by atoms with van der Waals surface area (Å²) in [4.78, 5) is 2.51. The second-order valence-corrected chi connectivity index (χ2v) is 5.98. The maximum absolute atomic E-state index is 9.19. The summed E-state index contributed by atoms with van der Waals surface area (Å²) < 4.78 is 2.35. The van der Waals surface area contributed by atoms with Crippen LogP contribution in [-0.4, -0.2) is 34.2 Å². The summed E-state index contributed by atoms with van der Waals surface area (Å²) in [5.41, 5.74) is 2.27. The molecule has 1 N–H and O–H groups in total. The topological polar surface area (TPSA) is 28.4 Å². The molecule has 1 aliphatic rings. The highest BCUT2D eigenvalue weighted by Crippen LogP contribution is 2.21. The van der Waals surface area contributed by atoms with Crippen LogP contribution in [0.15, 0.2) is 30.5 Å². The Bertz CT molecular complexity index is 575. The van der Waals surface area contributed by atoms with Crippen molar-refractivity contribution in [2.45, 2.75) is 44.9 Å². The Morgan fingerprint density at radius 1 is 1.25 bits per heavy atom. The molecule has 1 fully saturated rings. The highest BCUT2D eigenvalue weighted by atomic mass is 16.3. The fourth-order valence-corrected chi connectivity index (χ4v) is 3.34. The van der Waals surface area contributed by atoms with Gasteiger partial charge in [0.05, 0.1) is 6.61 Å². The molecule has 2 heterocycles. The van der Waals surface area contributed by atoms with Crippen LogP contribution in [0, 0.1) is 0 Å². The fourth-order valence-electron chi connectivity index (χ4n) is 3.34. The van der Waals surface area contributed by atoms with Crippen LogP contribution < -0.4 is 0 Å². The maximum Gasteiger partial charge on any atom is 0.0682 e. The largest absolute Gasteiger partial charge is 0.392 e. The van der Waals surface area contributed by atoms with Crippen molar-refractivity contribution in [1.82, 2.24) is 9.47 Å². The van der Waals surface area contributed by atoms with Gasteiger partial charge >= 0.3 is 0 Å². The van der Waals surface area contributed by atoms with E-state index < -0.39 is 0 Å². The number of benzene rings is 1. The maximum atomic E-state index is 9.19. The van der Waals surface area contributed by atoms with E-state index in [1.165, 1.54) is 43.1 Å². The average Bonchev–Trinajstić information content (AvgIpc) is 2.88. The highest BCUT2D eigenvalue weighted by Gasteiger charge is 2.18. The lowest BCUT2D eigenvalue weighted by Gasteiger charge is -2.32. The number of hydrogen-bond donors (Lipinski definition) is 1. The van der Waals surface area contributed by atoms with Gasteiger partial charge in [0.1, 0.15) is 0 Å². The Morgan fingerprint density at radius 3 is 2.95 bits per heavy atom. The van der Waals surface area contributed by atoms with E-state index in [4.69, 9.17) is 0 Å². The number of piperidine rings is 1. The first-order valence-corrected chi connectivity index (χ1v) is 7.67. The van der Waals surface area contributed by atoms with Crippen molar-refractivity contribution in [3.8, 4) is 0 Å². The van der Waals surface area contributed by atoms with Gasteiger partial charge in [0.15, 0.2) is 0 Å². The quantitative estimate of drug-likeness (QED) is 0.926. The van der Waals surface area contributed by atoms with Crippen LogP contribution in [0.1, 0.15) is 31.2 Å². The molecular formula is C17H24N2O. The van der Waals surface area contributed by atoms with E-state index >= 15 is 0 Å². The van der Waals surface area contributed by atoms with E-state index in [0.717, 1.165) is 18.2 Å². The zero-order valence-corrected chi connectivity index (χ0v) is 12.3. The van der Waals surface area contributed by atoms with Gasteiger partial charge in [-0.3, -0.25) is 0 Å². The molecule has 3 rings (SSSR count). The minimum atomic E-state index is 0.119. The third-order valence-corrected chi connectivity index (χ3v) is 4.64. The molecule has 0 spiro atoms. The lowest BCUT2D eigenvalue weighted by molar-refractivity contribution is 0.171. The molecule has 0 saturated carbocycles. The highest BCUT2D eigenvalue weighted by molar-refractivity contribution is 5.80. The lowest BCUT2D eigenvalue weighted by Crippen LogP contribution is -2.36. The Labute approximate surface area is 120 Å². The van der Waals surface area contributed by atoms with Crippen molar-refractivity contribution in [2.75, 3.05) is 13.6 Å². The molecule has 1 saturated heterocycles. The summed E-state index contributed by atoms with van der Waals surface area (Å²) in [6, 6.07) is 9.12. The zero-order chi connectivity index (χ0) is 13.9. The Kier molecular flexibility index (Phi) is 4.08. The fraction of sp³-hybridized carbons (Fsp3) is 0.529. The molecule has 0 aliphatic carbocycles. The summed E-state index contributed by atoms with van der Waals surface area (Å²) in [5, 5.41) is 10.4. The standard InChI is InChI=1S/C17H24N2O/c1-18-9-3-2-4-16(18)8-11-19-10-7-15-12-14(13-20)5-6-17(15)19/h5-7,10,12,16,20H,2-4,8-9,11,13H2,1H3. The number of rotatable bonds is 4. The molecule has 1 aromatic heterocycles. The monoisotopic (exact) mass is 272 g/mol. The van der Waals surface area contributed by atoms with E-state index in [1.54, 1.807) is 0 Å². The van der Waals surface area contributed by atoms with Crippen molar-refractivity contribution < 1.29 is 5.11 Å². The van der Waals surface area contributed by atoms with Crippen molar-refractivity contribution in [2.24, 2.45) is 0 Å². The molecule has 1 atom stereocenters. The van der Waals surface area contributed by atoms with Crippen LogP contribution in [0.5, 0.6) is 0 Å². The first-order chi connectivity index (χ1) is 9.78. The average molecular weight is 272 g/mol. The van der Waals surface area contributed by atoms with Gasteiger partial charge in [-0.25, -0.2) is 0 Å². The van der Waals surface area contributed by atoms with Crippen LogP contribution in [0.2, 0.25) is 0 Å². The zero-order valence-electron chi connectivity index (χ0n) is 12.3. The molecule has 1 aromatic carbocycles. The van der Waals surface area contributed by atoms with Gasteiger partial charge in [-0.2, -0.15) is 0 Å². The van der Waals surface area contributed by atoms with Crippen LogP contribution in [0.3, 0.4) is 0 Å². The summed E-state index contributed by atoms with van der Waals surface area (Å²) >= 11 is 0. The van der Waals surface area contributed by atoms with Crippen LogP contribution in [0.4, 0.5) is 0 Å². The molecule has 1 unspecified atom stereocenters. The molecule has 108 valence electrons. The summed E-state index contributed by atoms with van der Waals surface area (Å²) in [6.45, 7) is 2.45. The van der Waals surface area contributed by atoms with Crippen LogP contribution in [-0.2, 0) is 13.2 Å². The molecule has 3 heteroatoms. The molecule has 20 heavy (non-hydrogen) atoms. The second kappa shape index (κ2) is 5.98. The van der Waals surface area contributed by atoms with Crippen LogP contribution in [0.25, 0.3) is 10.9 Å². The lowest BCUT2D eigenvalue weighted by atomic mass is 10.0. The molecule has 0 radical (unpaired) electrons. The van der Waals surface area contributed by atoms with Gasteiger partial charge in [-0.15, -0.1) is 0 Å². The Hall–Kier alpha value is -1.32. The van der Waals surface area contributed by atoms with E-state index in [0.29, 0.717) is 0 Å². The molecule has 1 aliphatic heterocycles.